The number of rotatable bonds is 5. The molecule has 0 bridgehead atoms. The summed E-state index contributed by atoms with van der Waals surface area (Å²) in [6, 6.07) is 7.06. The Morgan fingerprint density at radius 1 is 1.14 bits per heavy atom. The van der Waals surface area contributed by atoms with Gasteiger partial charge in [0.2, 0.25) is 0 Å². The second-order valence-corrected chi connectivity index (χ2v) is 7.17. The third-order valence-corrected chi connectivity index (χ3v) is 5.41. The van der Waals surface area contributed by atoms with Crippen molar-refractivity contribution >= 4 is 22.8 Å². The summed E-state index contributed by atoms with van der Waals surface area (Å²) in [6.07, 6.45) is 0.572. The molecule has 1 unspecified atom stereocenters. The van der Waals surface area contributed by atoms with E-state index in [2.05, 4.69) is 0 Å². The van der Waals surface area contributed by atoms with Gasteiger partial charge >= 0.3 is 5.97 Å². The molecule has 7 heteroatoms. The van der Waals surface area contributed by atoms with Gasteiger partial charge in [0.1, 0.15) is 5.82 Å². The van der Waals surface area contributed by atoms with Gasteiger partial charge in [0, 0.05) is 22.7 Å². The normalized spacial score (nSPS) is 13.4. The van der Waals surface area contributed by atoms with Gasteiger partial charge in [0.15, 0.2) is 11.6 Å². The maximum absolute atomic E-state index is 14.1. The smallest absolute Gasteiger partial charge is 0.311 e. The quantitative estimate of drug-likeness (QED) is 0.641. The highest BCUT2D eigenvalue weighted by atomic mass is 19.1. The van der Waals surface area contributed by atoms with Crippen molar-refractivity contribution in [3.8, 4) is 5.75 Å². The highest BCUT2D eigenvalue weighted by Crippen LogP contribution is 2.39. The standard InChI is InChI=1S/C22H21F2NO4/c1-4-11(2)19(22(28)29)20-12(3)25(17-10-16(24)18(26)9-15(17)20)21(27)13-5-7-14(23)8-6-13/h5-11,19,26H,4H2,1-3H3,(H,28,29)/t11-,19?/m0/s1. The van der Waals surface area contributed by atoms with Gasteiger partial charge in [-0.15, -0.1) is 0 Å². The van der Waals surface area contributed by atoms with Crippen LogP contribution in [-0.2, 0) is 4.79 Å². The second-order valence-electron chi connectivity index (χ2n) is 7.17. The molecule has 0 aliphatic rings. The number of phenolic OH excluding ortho intramolecular Hbond substituents is 1. The third-order valence-electron chi connectivity index (χ3n) is 5.41. The lowest BCUT2D eigenvalue weighted by Crippen LogP contribution is -2.21. The minimum absolute atomic E-state index is 0.150. The lowest BCUT2D eigenvalue weighted by atomic mass is 9.84. The summed E-state index contributed by atoms with van der Waals surface area (Å²) in [6.45, 7) is 5.23. The molecule has 29 heavy (non-hydrogen) atoms. The monoisotopic (exact) mass is 401 g/mol. The van der Waals surface area contributed by atoms with Crippen LogP contribution in [0.5, 0.6) is 5.75 Å². The molecule has 3 rings (SSSR count). The number of hydrogen-bond donors (Lipinski definition) is 2. The average molecular weight is 401 g/mol. The molecule has 2 aromatic carbocycles. The Hall–Kier alpha value is -3.22. The Kier molecular flexibility index (Phi) is 5.42. The van der Waals surface area contributed by atoms with Crippen molar-refractivity contribution < 1.29 is 28.6 Å². The topological polar surface area (TPSA) is 79.5 Å². The summed E-state index contributed by atoms with van der Waals surface area (Å²) in [4.78, 5) is 25.2. The van der Waals surface area contributed by atoms with E-state index >= 15 is 0 Å². The number of fused-ring (bicyclic) bond motifs is 1. The summed E-state index contributed by atoms with van der Waals surface area (Å²) in [7, 11) is 0. The Labute approximate surface area is 166 Å². The first kappa shape index (κ1) is 20.5. The van der Waals surface area contributed by atoms with Crippen LogP contribution in [0.25, 0.3) is 10.9 Å². The number of carbonyl (C=O) groups excluding carboxylic acids is 1. The van der Waals surface area contributed by atoms with Crippen molar-refractivity contribution in [2.45, 2.75) is 33.1 Å². The molecule has 2 N–H and O–H groups in total. The largest absolute Gasteiger partial charge is 0.505 e. The van der Waals surface area contributed by atoms with Crippen molar-refractivity contribution in [3.05, 3.63) is 64.9 Å². The fraction of sp³-hybridized carbons (Fsp3) is 0.273. The summed E-state index contributed by atoms with van der Waals surface area (Å²) >= 11 is 0. The number of phenols is 1. The van der Waals surface area contributed by atoms with Gasteiger partial charge in [-0.25, -0.2) is 8.78 Å². The third kappa shape index (κ3) is 3.48. The molecule has 3 aromatic rings. The summed E-state index contributed by atoms with van der Waals surface area (Å²) < 4.78 is 28.6. The molecule has 0 fully saturated rings. The second kappa shape index (κ2) is 7.66. The van der Waals surface area contributed by atoms with Crippen LogP contribution in [0.3, 0.4) is 0 Å². The van der Waals surface area contributed by atoms with Crippen LogP contribution in [0.1, 0.15) is 47.8 Å². The molecular weight excluding hydrogens is 380 g/mol. The maximum atomic E-state index is 14.1. The summed E-state index contributed by atoms with van der Waals surface area (Å²) in [5.41, 5.74) is 1.01. The average Bonchev–Trinajstić information content (AvgIpc) is 2.93. The van der Waals surface area contributed by atoms with Crippen LogP contribution >= 0.6 is 0 Å². The van der Waals surface area contributed by atoms with E-state index in [1.807, 2.05) is 6.92 Å². The van der Waals surface area contributed by atoms with Crippen molar-refractivity contribution in [1.82, 2.24) is 4.57 Å². The molecule has 0 saturated heterocycles. The SMILES string of the molecule is CC[C@H](C)C(C(=O)O)c1c(C)n(C(=O)c2ccc(F)cc2)c2cc(F)c(O)cc12. The van der Waals surface area contributed by atoms with Gasteiger partial charge in [-0.1, -0.05) is 20.3 Å². The van der Waals surface area contributed by atoms with E-state index < -0.39 is 35.2 Å². The number of aromatic nitrogens is 1. The molecule has 5 nitrogen and oxygen atoms in total. The molecule has 1 heterocycles. The van der Waals surface area contributed by atoms with Gasteiger partial charge in [-0.05, 0) is 48.7 Å². The molecule has 0 amide bonds. The van der Waals surface area contributed by atoms with Gasteiger partial charge in [-0.3, -0.25) is 14.2 Å². The number of carbonyl (C=O) groups is 2. The Morgan fingerprint density at radius 3 is 2.31 bits per heavy atom. The zero-order chi connectivity index (χ0) is 21.5. The molecule has 0 radical (unpaired) electrons. The minimum atomic E-state index is -1.07. The number of aromatic hydroxyl groups is 1. The van der Waals surface area contributed by atoms with Gasteiger partial charge in [0.05, 0.1) is 11.4 Å². The zero-order valence-corrected chi connectivity index (χ0v) is 16.2. The van der Waals surface area contributed by atoms with E-state index in [4.69, 9.17) is 0 Å². The fourth-order valence-electron chi connectivity index (χ4n) is 3.71. The number of benzene rings is 2. The van der Waals surface area contributed by atoms with Gasteiger partial charge < -0.3 is 10.2 Å². The number of nitrogens with zero attached hydrogens (tertiary/aromatic N) is 1. The van der Waals surface area contributed by atoms with Gasteiger partial charge in [-0.2, -0.15) is 0 Å². The molecule has 0 aliphatic heterocycles. The van der Waals surface area contributed by atoms with Crippen LogP contribution in [0.2, 0.25) is 0 Å². The van der Waals surface area contributed by atoms with Crippen LogP contribution in [0.15, 0.2) is 36.4 Å². The zero-order valence-electron chi connectivity index (χ0n) is 16.2. The van der Waals surface area contributed by atoms with Crippen LogP contribution < -0.4 is 0 Å². The first-order valence-electron chi connectivity index (χ1n) is 9.23. The molecule has 0 aliphatic carbocycles. The van der Waals surface area contributed by atoms with Crippen LogP contribution in [-0.4, -0.2) is 26.7 Å². The van der Waals surface area contributed by atoms with E-state index in [1.54, 1.807) is 13.8 Å². The van der Waals surface area contributed by atoms with Crippen molar-refractivity contribution in [3.63, 3.8) is 0 Å². The van der Waals surface area contributed by atoms with E-state index in [0.29, 0.717) is 23.1 Å². The van der Waals surface area contributed by atoms with E-state index in [-0.39, 0.29) is 17.0 Å². The Morgan fingerprint density at radius 2 is 1.76 bits per heavy atom. The Balaban J connectivity index is 2.35. The van der Waals surface area contributed by atoms with Crippen molar-refractivity contribution in [2.24, 2.45) is 5.92 Å². The van der Waals surface area contributed by atoms with Crippen LogP contribution in [0.4, 0.5) is 8.78 Å². The fourth-order valence-corrected chi connectivity index (χ4v) is 3.71. The molecule has 0 spiro atoms. The molecule has 152 valence electrons. The molecule has 2 atom stereocenters. The predicted molar refractivity (Wildman–Crippen MR) is 104 cm³/mol. The minimum Gasteiger partial charge on any atom is -0.505 e. The van der Waals surface area contributed by atoms with Crippen molar-refractivity contribution in [1.29, 1.82) is 0 Å². The number of hydrogen-bond acceptors (Lipinski definition) is 3. The molecule has 1 aromatic heterocycles. The van der Waals surface area contributed by atoms with Gasteiger partial charge in [0.25, 0.3) is 5.91 Å². The first-order chi connectivity index (χ1) is 13.7. The van der Waals surface area contributed by atoms with Crippen LogP contribution in [0, 0.1) is 24.5 Å². The van der Waals surface area contributed by atoms with E-state index in [1.165, 1.54) is 16.7 Å². The lowest BCUT2D eigenvalue weighted by molar-refractivity contribution is -0.140. The number of carboxylic acid groups (broad SMARTS) is 1. The number of carboxylic acids is 1. The summed E-state index contributed by atoms with van der Waals surface area (Å²) in [5.74, 6) is -4.89. The van der Waals surface area contributed by atoms with Crippen molar-refractivity contribution in [2.75, 3.05) is 0 Å². The number of halogens is 2. The number of aliphatic carboxylic acids is 1. The first-order valence-corrected chi connectivity index (χ1v) is 9.23. The molecular formula is C22H21F2NO4. The highest BCUT2D eigenvalue weighted by molar-refractivity contribution is 6.05. The van der Waals surface area contributed by atoms with E-state index in [0.717, 1.165) is 24.3 Å². The predicted octanol–water partition coefficient (Wildman–Crippen LogP) is 4.84. The lowest BCUT2D eigenvalue weighted by Gasteiger charge is -2.20. The Bertz CT molecular complexity index is 1100. The highest BCUT2D eigenvalue weighted by Gasteiger charge is 2.33. The van der Waals surface area contributed by atoms with E-state index in [9.17, 15) is 28.6 Å². The summed E-state index contributed by atoms with van der Waals surface area (Å²) in [5, 5.41) is 20.0. The molecule has 0 saturated carbocycles. The maximum Gasteiger partial charge on any atom is 0.311 e.